The highest BCUT2D eigenvalue weighted by Gasteiger charge is 2.19. The number of rotatable bonds is 7. The number of aliphatic carboxylic acids is 1. The van der Waals surface area contributed by atoms with E-state index in [1.54, 1.807) is 18.2 Å². The Morgan fingerprint density at radius 1 is 1.38 bits per heavy atom. The van der Waals surface area contributed by atoms with E-state index >= 15 is 0 Å². The molecule has 0 bridgehead atoms. The average Bonchev–Trinajstić information content (AvgIpc) is 2.42. The lowest BCUT2D eigenvalue weighted by Gasteiger charge is -2.15. The Balaban J connectivity index is 2.67. The molecule has 21 heavy (non-hydrogen) atoms. The van der Waals surface area contributed by atoms with Gasteiger partial charge in [0, 0.05) is 16.2 Å². The van der Waals surface area contributed by atoms with Gasteiger partial charge in [-0.1, -0.05) is 35.7 Å². The summed E-state index contributed by atoms with van der Waals surface area (Å²) in [6.45, 7) is 1.97. The highest BCUT2D eigenvalue weighted by atomic mass is 79.9. The molecule has 0 radical (unpaired) electrons. The molecular formula is C14H19BrN2O4. The summed E-state index contributed by atoms with van der Waals surface area (Å²) < 4.78 is 5.84. The number of hydrogen-bond acceptors (Lipinski definition) is 3. The van der Waals surface area contributed by atoms with Crippen molar-refractivity contribution in [1.82, 2.24) is 5.32 Å². The molecule has 2 amide bonds. The third-order valence-corrected chi connectivity index (χ3v) is 3.27. The lowest BCUT2D eigenvalue weighted by atomic mass is 10.1. The van der Waals surface area contributed by atoms with Gasteiger partial charge in [0.15, 0.2) is 0 Å². The van der Waals surface area contributed by atoms with Crippen molar-refractivity contribution in [2.24, 2.45) is 0 Å². The highest BCUT2D eigenvalue weighted by Crippen LogP contribution is 2.24. The number of carboxylic acids is 1. The van der Waals surface area contributed by atoms with Crippen LogP contribution in [0.25, 0.3) is 0 Å². The largest absolute Gasteiger partial charge is 0.497 e. The molecule has 0 saturated carbocycles. The standard InChI is InChI=1S/C14H19BrN2O4/c1-3-4-5-12(13(18)19)17-14(20)16-10-6-9(15)7-11(8-10)21-2/h6-8,12H,3-5H2,1-2H3,(H,18,19)(H2,16,17,20)/t12-/m0/s1. The van der Waals surface area contributed by atoms with Crippen LogP contribution in [0.3, 0.4) is 0 Å². The number of amides is 2. The Labute approximate surface area is 132 Å². The molecule has 3 N–H and O–H groups in total. The molecule has 0 saturated heterocycles. The molecule has 0 aliphatic rings. The van der Waals surface area contributed by atoms with E-state index in [1.165, 1.54) is 7.11 Å². The first-order valence-corrected chi connectivity index (χ1v) is 7.40. The van der Waals surface area contributed by atoms with Gasteiger partial charge >= 0.3 is 12.0 Å². The number of carbonyl (C=O) groups is 2. The zero-order chi connectivity index (χ0) is 15.8. The van der Waals surface area contributed by atoms with Gasteiger partial charge in [-0.3, -0.25) is 0 Å². The van der Waals surface area contributed by atoms with Crippen LogP contribution in [0.1, 0.15) is 26.2 Å². The molecule has 7 heteroatoms. The van der Waals surface area contributed by atoms with Gasteiger partial charge in [-0.05, 0) is 18.6 Å². The number of carboxylic acid groups (broad SMARTS) is 1. The number of urea groups is 1. The van der Waals surface area contributed by atoms with E-state index in [2.05, 4.69) is 26.6 Å². The maximum atomic E-state index is 11.9. The second-order valence-electron chi connectivity index (χ2n) is 4.51. The monoisotopic (exact) mass is 358 g/mol. The van der Waals surface area contributed by atoms with Crippen LogP contribution >= 0.6 is 15.9 Å². The summed E-state index contributed by atoms with van der Waals surface area (Å²) in [4.78, 5) is 22.9. The van der Waals surface area contributed by atoms with E-state index in [0.29, 0.717) is 17.9 Å². The topological polar surface area (TPSA) is 87.7 Å². The van der Waals surface area contributed by atoms with Crippen LogP contribution in [0, 0.1) is 0 Å². The minimum absolute atomic E-state index is 0.404. The zero-order valence-electron chi connectivity index (χ0n) is 12.0. The Kier molecular flexibility index (Phi) is 7.01. The zero-order valence-corrected chi connectivity index (χ0v) is 13.6. The number of unbranched alkanes of at least 4 members (excludes halogenated alkanes) is 1. The fourth-order valence-corrected chi connectivity index (χ4v) is 2.22. The van der Waals surface area contributed by atoms with E-state index in [1.807, 2.05) is 6.92 Å². The van der Waals surface area contributed by atoms with Crippen molar-refractivity contribution in [3.63, 3.8) is 0 Å². The molecule has 0 unspecified atom stereocenters. The normalized spacial score (nSPS) is 11.6. The first-order valence-electron chi connectivity index (χ1n) is 6.61. The molecule has 0 spiro atoms. The smallest absolute Gasteiger partial charge is 0.326 e. The first kappa shape index (κ1) is 17.3. The lowest BCUT2D eigenvalue weighted by molar-refractivity contribution is -0.139. The second-order valence-corrected chi connectivity index (χ2v) is 5.43. The number of benzene rings is 1. The summed E-state index contributed by atoms with van der Waals surface area (Å²) in [6, 6.07) is 3.65. The minimum atomic E-state index is -1.04. The molecule has 116 valence electrons. The third kappa shape index (κ3) is 6.03. The van der Waals surface area contributed by atoms with E-state index < -0.39 is 18.0 Å². The van der Waals surface area contributed by atoms with Gasteiger partial charge in [-0.2, -0.15) is 0 Å². The summed E-state index contributed by atoms with van der Waals surface area (Å²) in [6.07, 6.45) is 2.01. The van der Waals surface area contributed by atoms with Crippen LogP contribution < -0.4 is 15.4 Å². The molecular weight excluding hydrogens is 340 g/mol. The molecule has 0 fully saturated rings. The quantitative estimate of drug-likeness (QED) is 0.698. The van der Waals surface area contributed by atoms with Crippen molar-refractivity contribution >= 4 is 33.6 Å². The van der Waals surface area contributed by atoms with E-state index in [0.717, 1.165) is 17.3 Å². The van der Waals surface area contributed by atoms with E-state index in [9.17, 15) is 9.59 Å². The van der Waals surface area contributed by atoms with Gasteiger partial charge in [0.05, 0.1) is 7.11 Å². The summed E-state index contributed by atoms with van der Waals surface area (Å²) in [5.74, 6) is -0.453. The number of halogens is 1. The van der Waals surface area contributed by atoms with Crippen molar-refractivity contribution in [3.05, 3.63) is 22.7 Å². The number of ether oxygens (including phenoxy) is 1. The van der Waals surface area contributed by atoms with Crippen molar-refractivity contribution in [3.8, 4) is 5.75 Å². The van der Waals surface area contributed by atoms with Crippen molar-refractivity contribution in [2.45, 2.75) is 32.2 Å². The summed E-state index contributed by atoms with van der Waals surface area (Å²) in [7, 11) is 1.52. The van der Waals surface area contributed by atoms with Gasteiger partial charge < -0.3 is 20.5 Å². The van der Waals surface area contributed by atoms with Gasteiger partial charge in [-0.25, -0.2) is 9.59 Å². The predicted molar refractivity (Wildman–Crippen MR) is 83.8 cm³/mol. The van der Waals surface area contributed by atoms with Gasteiger partial charge in [0.1, 0.15) is 11.8 Å². The SMILES string of the molecule is CCCC[C@H](NC(=O)Nc1cc(Br)cc(OC)c1)C(=O)O. The maximum absolute atomic E-state index is 11.9. The molecule has 0 aliphatic heterocycles. The molecule has 0 aromatic heterocycles. The van der Waals surface area contributed by atoms with Crippen LogP contribution in [0.4, 0.5) is 10.5 Å². The Hall–Kier alpha value is -1.76. The molecule has 6 nitrogen and oxygen atoms in total. The number of nitrogens with one attached hydrogen (secondary N) is 2. The maximum Gasteiger partial charge on any atom is 0.326 e. The van der Waals surface area contributed by atoms with Crippen molar-refractivity contribution in [2.75, 3.05) is 12.4 Å². The Morgan fingerprint density at radius 2 is 2.10 bits per heavy atom. The van der Waals surface area contributed by atoms with E-state index in [4.69, 9.17) is 9.84 Å². The minimum Gasteiger partial charge on any atom is -0.497 e. The first-order chi connectivity index (χ1) is 9.96. The van der Waals surface area contributed by atoms with Gasteiger partial charge in [0.2, 0.25) is 0 Å². The molecule has 1 atom stereocenters. The Bertz CT molecular complexity index is 508. The predicted octanol–water partition coefficient (Wildman–Crippen LogP) is 3.22. The average molecular weight is 359 g/mol. The number of methoxy groups -OCH3 is 1. The highest BCUT2D eigenvalue weighted by molar-refractivity contribution is 9.10. The molecule has 1 aromatic carbocycles. The van der Waals surface area contributed by atoms with Crippen LogP contribution in [0.2, 0.25) is 0 Å². The van der Waals surface area contributed by atoms with Crippen molar-refractivity contribution < 1.29 is 19.4 Å². The second kappa shape index (κ2) is 8.51. The van der Waals surface area contributed by atoms with E-state index in [-0.39, 0.29) is 0 Å². The number of anilines is 1. The summed E-state index contributed by atoms with van der Waals surface area (Å²) in [5, 5.41) is 14.1. The van der Waals surface area contributed by atoms with Crippen LogP contribution in [-0.2, 0) is 4.79 Å². The van der Waals surface area contributed by atoms with Crippen LogP contribution in [-0.4, -0.2) is 30.3 Å². The number of carbonyl (C=O) groups excluding carboxylic acids is 1. The number of hydrogen-bond donors (Lipinski definition) is 3. The molecule has 1 aromatic rings. The van der Waals surface area contributed by atoms with Gasteiger partial charge in [-0.15, -0.1) is 0 Å². The molecule has 1 rings (SSSR count). The lowest BCUT2D eigenvalue weighted by Crippen LogP contribution is -2.42. The van der Waals surface area contributed by atoms with Crippen LogP contribution in [0.15, 0.2) is 22.7 Å². The third-order valence-electron chi connectivity index (χ3n) is 2.81. The Morgan fingerprint density at radius 3 is 2.67 bits per heavy atom. The van der Waals surface area contributed by atoms with Crippen molar-refractivity contribution in [1.29, 1.82) is 0 Å². The fraction of sp³-hybridized carbons (Fsp3) is 0.429. The molecule has 0 heterocycles. The van der Waals surface area contributed by atoms with Crippen LogP contribution in [0.5, 0.6) is 5.75 Å². The summed E-state index contributed by atoms with van der Waals surface area (Å²) >= 11 is 3.31. The summed E-state index contributed by atoms with van der Waals surface area (Å²) in [5.41, 5.74) is 0.512. The molecule has 0 aliphatic carbocycles. The van der Waals surface area contributed by atoms with Gasteiger partial charge in [0.25, 0.3) is 0 Å². The fourth-order valence-electron chi connectivity index (χ4n) is 1.74.